The highest BCUT2D eigenvalue weighted by Gasteiger charge is 2.20. The van der Waals surface area contributed by atoms with Crippen molar-refractivity contribution in [3.05, 3.63) is 33.3 Å². The fourth-order valence-corrected chi connectivity index (χ4v) is 3.75. The van der Waals surface area contributed by atoms with Crippen molar-refractivity contribution in [1.82, 2.24) is 4.98 Å². The first kappa shape index (κ1) is 14.0. The third-order valence-electron chi connectivity index (χ3n) is 3.99. The molecule has 0 unspecified atom stereocenters. The van der Waals surface area contributed by atoms with Crippen LogP contribution < -0.4 is 5.32 Å². The fourth-order valence-electron chi connectivity index (χ4n) is 3.04. The summed E-state index contributed by atoms with van der Waals surface area (Å²) in [6.45, 7) is 2.89. The Morgan fingerprint density at radius 2 is 2.05 bits per heavy atom. The molecule has 1 N–H and O–H groups in total. The quantitative estimate of drug-likeness (QED) is 0.748. The Balaban J connectivity index is 2.19. The van der Waals surface area contributed by atoms with Crippen molar-refractivity contribution in [3.63, 3.8) is 0 Å². The summed E-state index contributed by atoms with van der Waals surface area (Å²) in [5.74, 6) is 0.370. The van der Waals surface area contributed by atoms with Crippen LogP contribution in [0.25, 0.3) is 10.9 Å². The first-order valence-electron chi connectivity index (χ1n) is 7.22. The summed E-state index contributed by atoms with van der Waals surface area (Å²) in [6.07, 6.45) is 5.03. The molecule has 4 heteroatoms. The van der Waals surface area contributed by atoms with E-state index in [2.05, 4.69) is 40.9 Å². The van der Waals surface area contributed by atoms with Crippen molar-refractivity contribution in [3.8, 4) is 0 Å². The van der Waals surface area contributed by atoms with E-state index in [1.807, 2.05) is 0 Å². The van der Waals surface area contributed by atoms with E-state index in [9.17, 15) is 4.39 Å². The zero-order valence-corrected chi connectivity index (χ0v) is 13.7. The van der Waals surface area contributed by atoms with Crippen molar-refractivity contribution in [1.29, 1.82) is 0 Å². The third-order valence-corrected chi connectivity index (χ3v) is 4.81. The Morgan fingerprint density at radius 3 is 2.75 bits per heavy atom. The van der Waals surface area contributed by atoms with E-state index in [4.69, 9.17) is 4.98 Å². The van der Waals surface area contributed by atoms with Gasteiger partial charge in [-0.05, 0) is 60.6 Å². The maximum absolute atomic E-state index is 13.7. The second kappa shape index (κ2) is 5.84. The Bertz CT molecular complexity index is 636. The Hall–Kier alpha value is -0.910. The molecule has 1 fully saturated rings. The molecule has 0 amide bonds. The van der Waals surface area contributed by atoms with Crippen LogP contribution in [0, 0.1) is 9.39 Å². The Kier molecular flexibility index (Phi) is 4.10. The fraction of sp³-hybridized carbons (Fsp3) is 0.438. The number of pyridine rings is 1. The molecule has 0 atom stereocenters. The first-order valence-corrected chi connectivity index (χ1v) is 8.30. The molecule has 1 aromatic carbocycles. The molecule has 2 nitrogen and oxygen atoms in total. The van der Waals surface area contributed by atoms with Crippen LogP contribution in [0.2, 0.25) is 0 Å². The van der Waals surface area contributed by atoms with E-state index in [0.717, 1.165) is 32.4 Å². The molecule has 0 saturated heterocycles. The molecule has 1 aromatic heterocycles. The summed E-state index contributed by atoms with van der Waals surface area (Å²) in [5, 5.41) is 4.25. The highest BCUT2D eigenvalue weighted by atomic mass is 127. The van der Waals surface area contributed by atoms with Crippen LogP contribution in [-0.2, 0) is 0 Å². The lowest BCUT2D eigenvalue weighted by molar-refractivity contribution is 0.628. The predicted molar refractivity (Wildman–Crippen MR) is 89.8 cm³/mol. The Morgan fingerprint density at radius 1 is 1.30 bits per heavy atom. The van der Waals surface area contributed by atoms with E-state index in [1.165, 1.54) is 25.7 Å². The molecule has 106 valence electrons. The molecule has 0 aliphatic heterocycles. The smallest absolute Gasteiger partial charge is 0.125 e. The number of anilines is 1. The van der Waals surface area contributed by atoms with Gasteiger partial charge in [-0.3, -0.25) is 4.98 Å². The number of nitrogens with one attached hydrogen (secondary N) is 1. The maximum Gasteiger partial charge on any atom is 0.125 e. The predicted octanol–water partition coefficient (Wildman–Crippen LogP) is 5.07. The number of benzene rings is 1. The SMILES string of the molecule is CCNc1cc(C2CCCC2)nc2c(I)cc(F)cc12. The molecule has 0 radical (unpaired) electrons. The molecule has 1 saturated carbocycles. The van der Waals surface area contributed by atoms with Gasteiger partial charge in [0.2, 0.25) is 0 Å². The number of aromatic nitrogens is 1. The highest BCUT2D eigenvalue weighted by Crippen LogP contribution is 2.37. The van der Waals surface area contributed by atoms with Gasteiger partial charge in [0, 0.05) is 32.8 Å². The van der Waals surface area contributed by atoms with Gasteiger partial charge in [0.05, 0.1) is 5.52 Å². The van der Waals surface area contributed by atoms with Gasteiger partial charge in [0.1, 0.15) is 5.82 Å². The van der Waals surface area contributed by atoms with E-state index in [-0.39, 0.29) is 5.82 Å². The largest absolute Gasteiger partial charge is 0.385 e. The number of rotatable bonds is 3. The van der Waals surface area contributed by atoms with Crippen molar-refractivity contribution in [2.45, 2.75) is 38.5 Å². The summed E-state index contributed by atoms with van der Waals surface area (Å²) in [6, 6.07) is 5.27. The van der Waals surface area contributed by atoms with Crippen molar-refractivity contribution < 1.29 is 4.39 Å². The number of hydrogen-bond donors (Lipinski definition) is 1. The van der Waals surface area contributed by atoms with E-state index < -0.39 is 0 Å². The third kappa shape index (κ3) is 2.62. The summed E-state index contributed by atoms with van der Waals surface area (Å²) < 4.78 is 14.5. The zero-order chi connectivity index (χ0) is 14.1. The second-order valence-corrected chi connectivity index (χ2v) is 6.55. The molecular weight excluding hydrogens is 366 g/mol. The number of nitrogens with zero attached hydrogens (tertiary/aromatic N) is 1. The summed E-state index contributed by atoms with van der Waals surface area (Å²) in [7, 11) is 0. The van der Waals surface area contributed by atoms with E-state index in [0.29, 0.717) is 5.92 Å². The molecule has 1 heterocycles. The minimum absolute atomic E-state index is 0.198. The number of halogens is 2. The average Bonchev–Trinajstić information content (AvgIpc) is 2.93. The molecule has 1 aliphatic carbocycles. The number of fused-ring (bicyclic) bond motifs is 1. The Labute approximate surface area is 132 Å². The average molecular weight is 384 g/mol. The molecule has 0 spiro atoms. The van der Waals surface area contributed by atoms with Gasteiger partial charge in [-0.1, -0.05) is 12.8 Å². The van der Waals surface area contributed by atoms with E-state index >= 15 is 0 Å². The first-order chi connectivity index (χ1) is 9.69. The zero-order valence-electron chi connectivity index (χ0n) is 11.5. The molecule has 2 aromatic rings. The van der Waals surface area contributed by atoms with Crippen molar-refractivity contribution >= 4 is 39.2 Å². The topological polar surface area (TPSA) is 24.9 Å². The van der Waals surface area contributed by atoms with Gasteiger partial charge >= 0.3 is 0 Å². The molecule has 3 rings (SSSR count). The second-order valence-electron chi connectivity index (χ2n) is 5.39. The number of hydrogen-bond acceptors (Lipinski definition) is 2. The van der Waals surface area contributed by atoms with Gasteiger partial charge in [0.15, 0.2) is 0 Å². The van der Waals surface area contributed by atoms with Crippen LogP contribution in [0.4, 0.5) is 10.1 Å². The van der Waals surface area contributed by atoms with Crippen LogP contribution in [0.3, 0.4) is 0 Å². The van der Waals surface area contributed by atoms with Crippen LogP contribution in [0.1, 0.15) is 44.2 Å². The van der Waals surface area contributed by atoms with Crippen LogP contribution >= 0.6 is 22.6 Å². The maximum atomic E-state index is 13.7. The van der Waals surface area contributed by atoms with Gasteiger partial charge in [-0.2, -0.15) is 0 Å². The van der Waals surface area contributed by atoms with Crippen LogP contribution in [0.5, 0.6) is 0 Å². The molecule has 20 heavy (non-hydrogen) atoms. The van der Waals surface area contributed by atoms with Crippen molar-refractivity contribution in [2.24, 2.45) is 0 Å². The van der Waals surface area contributed by atoms with Crippen LogP contribution in [-0.4, -0.2) is 11.5 Å². The van der Waals surface area contributed by atoms with Gasteiger partial charge in [-0.15, -0.1) is 0 Å². The summed E-state index contributed by atoms with van der Waals surface area (Å²) in [4.78, 5) is 4.83. The molecule has 1 aliphatic rings. The minimum Gasteiger partial charge on any atom is -0.385 e. The van der Waals surface area contributed by atoms with Gasteiger partial charge in [-0.25, -0.2) is 4.39 Å². The molecule has 0 bridgehead atoms. The summed E-state index contributed by atoms with van der Waals surface area (Å²) >= 11 is 2.18. The molecular formula is C16H18FIN2. The lowest BCUT2D eigenvalue weighted by atomic mass is 10.0. The van der Waals surface area contributed by atoms with Gasteiger partial charge < -0.3 is 5.32 Å². The van der Waals surface area contributed by atoms with E-state index in [1.54, 1.807) is 12.1 Å². The minimum atomic E-state index is -0.198. The van der Waals surface area contributed by atoms with Crippen molar-refractivity contribution in [2.75, 3.05) is 11.9 Å². The summed E-state index contributed by atoms with van der Waals surface area (Å²) in [5.41, 5.74) is 3.10. The van der Waals surface area contributed by atoms with Crippen LogP contribution in [0.15, 0.2) is 18.2 Å². The lowest BCUT2D eigenvalue weighted by Crippen LogP contribution is -2.04. The normalized spacial score (nSPS) is 15.9. The standard InChI is InChI=1S/C16H18FIN2/c1-2-19-15-9-14(10-5-3-4-6-10)20-16-12(15)7-11(17)8-13(16)18/h7-10H,2-6H2,1H3,(H,19,20). The highest BCUT2D eigenvalue weighted by molar-refractivity contribution is 14.1. The lowest BCUT2D eigenvalue weighted by Gasteiger charge is -2.15. The van der Waals surface area contributed by atoms with Gasteiger partial charge in [0.25, 0.3) is 0 Å². The monoisotopic (exact) mass is 384 g/mol.